The highest BCUT2D eigenvalue weighted by Gasteiger charge is 2.23. The van der Waals surface area contributed by atoms with Gasteiger partial charge in [0.05, 0.1) is 6.04 Å². The van der Waals surface area contributed by atoms with E-state index < -0.39 is 6.17 Å². The largest absolute Gasteiger partial charge is 0.336 e. The second kappa shape index (κ2) is 8.01. The van der Waals surface area contributed by atoms with Gasteiger partial charge in [-0.05, 0) is 37.7 Å². The summed E-state index contributed by atoms with van der Waals surface area (Å²) in [5.74, 6) is -0.480. The fourth-order valence-electron chi connectivity index (χ4n) is 2.51. The van der Waals surface area contributed by atoms with Gasteiger partial charge in [-0.3, -0.25) is 4.79 Å². The number of hydrogen-bond acceptors (Lipinski definition) is 4. The summed E-state index contributed by atoms with van der Waals surface area (Å²) < 4.78 is 13.8. The highest BCUT2D eigenvalue weighted by Crippen LogP contribution is 2.23. The van der Waals surface area contributed by atoms with Gasteiger partial charge in [0.2, 0.25) is 0 Å². The Morgan fingerprint density at radius 3 is 2.33 bits per heavy atom. The number of nitrogens with zero attached hydrogens (tertiary/aromatic N) is 1. The number of halogens is 1. The number of hydroxylamine groups is 1. The third-order valence-electron chi connectivity index (χ3n) is 4.18. The normalized spacial score (nSPS) is 13.4. The van der Waals surface area contributed by atoms with Crippen LogP contribution in [0.1, 0.15) is 17.3 Å². The van der Waals surface area contributed by atoms with E-state index in [4.69, 9.17) is 5.21 Å². The summed E-state index contributed by atoms with van der Waals surface area (Å²) in [6, 6.07) is 13.0. The molecular weight excluding hydrogens is 309 g/mol. The van der Waals surface area contributed by atoms with Crippen LogP contribution in [0, 0.1) is 5.82 Å². The minimum Gasteiger partial charge on any atom is -0.336 e. The van der Waals surface area contributed by atoms with Crippen molar-refractivity contribution in [3.8, 4) is 11.1 Å². The van der Waals surface area contributed by atoms with E-state index in [0.29, 0.717) is 16.7 Å². The van der Waals surface area contributed by atoms with E-state index in [1.165, 1.54) is 11.0 Å². The van der Waals surface area contributed by atoms with Crippen LogP contribution in [-0.4, -0.2) is 42.3 Å². The lowest BCUT2D eigenvalue weighted by Crippen LogP contribution is -2.54. The molecule has 6 heteroatoms. The molecule has 0 spiro atoms. The van der Waals surface area contributed by atoms with E-state index >= 15 is 0 Å². The maximum Gasteiger partial charge on any atom is 0.253 e. The number of nitrogens with one attached hydrogen (secondary N) is 2. The Morgan fingerprint density at radius 1 is 1.17 bits per heavy atom. The maximum absolute atomic E-state index is 13.8. The molecule has 0 bridgehead atoms. The Labute approximate surface area is 141 Å². The first-order chi connectivity index (χ1) is 11.5. The monoisotopic (exact) mass is 331 g/mol. The molecule has 2 atom stereocenters. The Kier molecular flexibility index (Phi) is 6.03. The fraction of sp³-hybridized carbons (Fsp3) is 0.278. The second-order valence-electron chi connectivity index (χ2n) is 5.61. The summed E-state index contributed by atoms with van der Waals surface area (Å²) in [5.41, 5.74) is 3.84. The molecular formula is C18H22FN3O2. The van der Waals surface area contributed by atoms with E-state index in [0.717, 1.165) is 0 Å². The van der Waals surface area contributed by atoms with Gasteiger partial charge in [0.25, 0.3) is 5.91 Å². The third-order valence-corrected chi connectivity index (χ3v) is 4.18. The molecule has 0 saturated heterocycles. The van der Waals surface area contributed by atoms with Gasteiger partial charge in [0, 0.05) is 18.2 Å². The highest BCUT2D eigenvalue weighted by atomic mass is 19.1. The minimum atomic E-state index is -0.448. The molecule has 128 valence electrons. The molecule has 2 rings (SSSR count). The zero-order valence-corrected chi connectivity index (χ0v) is 14.0. The Balaban J connectivity index is 2.18. The first-order valence-corrected chi connectivity index (χ1v) is 7.68. The molecule has 0 fully saturated rings. The third kappa shape index (κ3) is 3.79. The van der Waals surface area contributed by atoms with Gasteiger partial charge in [-0.15, -0.1) is 0 Å². The van der Waals surface area contributed by atoms with Crippen LogP contribution in [-0.2, 0) is 0 Å². The van der Waals surface area contributed by atoms with Gasteiger partial charge >= 0.3 is 0 Å². The Bertz CT molecular complexity index is 687. The lowest BCUT2D eigenvalue weighted by atomic mass is 10.0. The zero-order valence-electron chi connectivity index (χ0n) is 14.0. The molecule has 5 nitrogen and oxygen atoms in total. The summed E-state index contributed by atoms with van der Waals surface area (Å²) in [5, 5.41) is 12.0. The van der Waals surface area contributed by atoms with Gasteiger partial charge in [-0.25, -0.2) is 4.39 Å². The van der Waals surface area contributed by atoms with Crippen LogP contribution in [0.3, 0.4) is 0 Å². The molecule has 0 aliphatic rings. The van der Waals surface area contributed by atoms with E-state index in [1.54, 1.807) is 56.6 Å². The number of amides is 1. The number of benzene rings is 2. The van der Waals surface area contributed by atoms with Crippen molar-refractivity contribution in [2.24, 2.45) is 0 Å². The average molecular weight is 331 g/mol. The van der Waals surface area contributed by atoms with Crippen LogP contribution in [0.5, 0.6) is 0 Å². The molecule has 24 heavy (non-hydrogen) atoms. The van der Waals surface area contributed by atoms with Crippen molar-refractivity contribution in [3.05, 3.63) is 59.9 Å². The predicted octanol–water partition coefficient (Wildman–Crippen LogP) is 2.48. The van der Waals surface area contributed by atoms with E-state index in [-0.39, 0.29) is 17.8 Å². The van der Waals surface area contributed by atoms with Crippen LogP contribution in [0.25, 0.3) is 11.1 Å². The summed E-state index contributed by atoms with van der Waals surface area (Å²) in [4.78, 5) is 14.1. The summed E-state index contributed by atoms with van der Waals surface area (Å²) in [6.45, 7) is 1.82. The van der Waals surface area contributed by atoms with Crippen molar-refractivity contribution in [1.29, 1.82) is 0 Å². The molecule has 2 aromatic rings. The van der Waals surface area contributed by atoms with Crippen molar-refractivity contribution in [1.82, 2.24) is 15.7 Å². The SMILES string of the molecule is CNC(NO)C(C)N(C)C(=O)c1ccc(-c2ccccc2F)cc1. The van der Waals surface area contributed by atoms with Crippen LogP contribution >= 0.6 is 0 Å². The van der Waals surface area contributed by atoms with Crippen LogP contribution in [0.2, 0.25) is 0 Å². The van der Waals surface area contributed by atoms with Gasteiger partial charge in [-0.2, -0.15) is 5.48 Å². The first-order valence-electron chi connectivity index (χ1n) is 7.68. The van der Waals surface area contributed by atoms with Crippen molar-refractivity contribution < 1.29 is 14.4 Å². The summed E-state index contributed by atoms with van der Waals surface area (Å²) >= 11 is 0. The average Bonchev–Trinajstić information content (AvgIpc) is 2.62. The van der Waals surface area contributed by atoms with Crippen molar-refractivity contribution in [2.45, 2.75) is 19.1 Å². The summed E-state index contributed by atoms with van der Waals surface area (Å²) in [7, 11) is 3.35. The summed E-state index contributed by atoms with van der Waals surface area (Å²) in [6.07, 6.45) is -0.448. The number of carbonyl (C=O) groups excluding carboxylic acids is 1. The topological polar surface area (TPSA) is 64.6 Å². The van der Waals surface area contributed by atoms with Gasteiger partial charge in [0.15, 0.2) is 0 Å². The number of rotatable bonds is 6. The quantitative estimate of drug-likeness (QED) is 0.562. The first kappa shape index (κ1) is 18.1. The molecule has 0 radical (unpaired) electrons. The lowest BCUT2D eigenvalue weighted by Gasteiger charge is -2.31. The van der Waals surface area contributed by atoms with E-state index in [9.17, 15) is 9.18 Å². The smallest absolute Gasteiger partial charge is 0.253 e. The van der Waals surface area contributed by atoms with Crippen molar-refractivity contribution in [2.75, 3.05) is 14.1 Å². The van der Waals surface area contributed by atoms with Crippen LogP contribution < -0.4 is 10.8 Å². The number of hydrogen-bond donors (Lipinski definition) is 3. The highest BCUT2D eigenvalue weighted by molar-refractivity contribution is 5.94. The predicted molar refractivity (Wildman–Crippen MR) is 91.2 cm³/mol. The maximum atomic E-state index is 13.8. The van der Waals surface area contributed by atoms with Crippen molar-refractivity contribution in [3.63, 3.8) is 0 Å². The molecule has 0 saturated carbocycles. The Morgan fingerprint density at radius 2 is 1.79 bits per heavy atom. The Hall–Kier alpha value is -2.28. The second-order valence-corrected chi connectivity index (χ2v) is 5.61. The molecule has 2 aromatic carbocycles. The molecule has 1 amide bonds. The molecule has 2 unspecified atom stereocenters. The fourth-order valence-corrected chi connectivity index (χ4v) is 2.51. The molecule has 0 aliphatic heterocycles. The lowest BCUT2D eigenvalue weighted by molar-refractivity contribution is 0.0493. The van der Waals surface area contributed by atoms with Gasteiger partial charge in [-0.1, -0.05) is 30.3 Å². The van der Waals surface area contributed by atoms with Gasteiger partial charge in [0.1, 0.15) is 12.0 Å². The molecule has 0 aliphatic carbocycles. The molecule has 0 aromatic heterocycles. The number of carbonyl (C=O) groups is 1. The van der Waals surface area contributed by atoms with Crippen molar-refractivity contribution >= 4 is 5.91 Å². The van der Waals surface area contributed by atoms with E-state index in [2.05, 4.69) is 10.8 Å². The zero-order chi connectivity index (χ0) is 17.7. The van der Waals surface area contributed by atoms with Crippen LogP contribution in [0.4, 0.5) is 4.39 Å². The van der Waals surface area contributed by atoms with Gasteiger partial charge < -0.3 is 15.4 Å². The van der Waals surface area contributed by atoms with Crippen LogP contribution in [0.15, 0.2) is 48.5 Å². The molecule has 3 N–H and O–H groups in total. The standard InChI is InChI=1S/C18H22FN3O2/c1-12(17(20-2)21-24)22(3)18(23)14-10-8-13(9-11-14)15-6-4-5-7-16(15)19/h4-12,17,20-21,24H,1-3H3. The number of likely N-dealkylation sites (N-methyl/N-ethyl adjacent to an activating group) is 2. The molecule has 0 heterocycles. The minimum absolute atomic E-state index is 0.182. The van der Waals surface area contributed by atoms with E-state index in [1.807, 2.05) is 6.92 Å².